The zero-order chi connectivity index (χ0) is 16.1. The van der Waals surface area contributed by atoms with Gasteiger partial charge in [-0.05, 0) is 37.3 Å². The van der Waals surface area contributed by atoms with Crippen LogP contribution in [0.1, 0.15) is 17.3 Å². The molecule has 0 aliphatic heterocycles. The maximum absolute atomic E-state index is 12.0. The Labute approximate surface area is 138 Å². The second-order valence-corrected chi connectivity index (χ2v) is 5.35. The predicted molar refractivity (Wildman–Crippen MR) is 86.4 cm³/mol. The molecule has 4 nitrogen and oxygen atoms in total. The van der Waals surface area contributed by atoms with Gasteiger partial charge < -0.3 is 10.1 Å². The van der Waals surface area contributed by atoms with Crippen LogP contribution >= 0.6 is 23.2 Å². The highest BCUT2D eigenvalue weighted by Crippen LogP contribution is 2.23. The van der Waals surface area contributed by atoms with Gasteiger partial charge in [-0.25, -0.2) is 4.79 Å². The minimum Gasteiger partial charge on any atom is -0.449 e. The Morgan fingerprint density at radius 1 is 1.05 bits per heavy atom. The molecular formula is C16H13Cl2NO3. The zero-order valence-electron chi connectivity index (χ0n) is 11.7. The Morgan fingerprint density at radius 3 is 2.36 bits per heavy atom. The van der Waals surface area contributed by atoms with E-state index in [0.29, 0.717) is 10.7 Å². The van der Waals surface area contributed by atoms with Crippen LogP contribution in [0.3, 0.4) is 0 Å². The molecule has 1 atom stereocenters. The highest BCUT2D eigenvalue weighted by Gasteiger charge is 2.19. The molecule has 0 heterocycles. The Hall–Kier alpha value is -2.04. The van der Waals surface area contributed by atoms with Crippen LogP contribution in [-0.4, -0.2) is 18.0 Å². The molecule has 0 aliphatic rings. The molecule has 0 spiro atoms. The average molecular weight is 338 g/mol. The molecule has 2 rings (SSSR count). The van der Waals surface area contributed by atoms with Gasteiger partial charge in [-0.3, -0.25) is 4.79 Å². The first-order chi connectivity index (χ1) is 10.5. The minimum absolute atomic E-state index is 0.230. The summed E-state index contributed by atoms with van der Waals surface area (Å²) in [7, 11) is 0. The Bertz CT molecular complexity index is 689. The molecule has 0 saturated heterocycles. The number of ether oxygens (including phenoxy) is 1. The van der Waals surface area contributed by atoms with E-state index < -0.39 is 18.0 Å². The van der Waals surface area contributed by atoms with Crippen LogP contribution in [0.2, 0.25) is 10.0 Å². The van der Waals surface area contributed by atoms with E-state index >= 15 is 0 Å². The van der Waals surface area contributed by atoms with Crippen molar-refractivity contribution in [2.45, 2.75) is 13.0 Å². The molecule has 1 N–H and O–H groups in total. The molecule has 2 aromatic rings. The van der Waals surface area contributed by atoms with E-state index in [0.717, 1.165) is 0 Å². The molecule has 0 saturated carbocycles. The van der Waals surface area contributed by atoms with Crippen molar-refractivity contribution in [1.29, 1.82) is 0 Å². The molecule has 0 aromatic heterocycles. The molecule has 0 bridgehead atoms. The number of rotatable bonds is 4. The summed E-state index contributed by atoms with van der Waals surface area (Å²) in [5.41, 5.74) is 0.860. The third-order valence-corrected chi connectivity index (χ3v) is 3.59. The van der Waals surface area contributed by atoms with Crippen molar-refractivity contribution >= 4 is 40.8 Å². The number of carbonyl (C=O) groups excluding carboxylic acids is 2. The number of esters is 1. The second kappa shape index (κ2) is 7.29. The van der Waals surface area contributed by atoms with Crippen LogP contribution in [0.15, 0.2) is 48.5 Å². The predicted octanol–water partition coefficient (Wildman–Crippen LogP) is 4.18. The van der Waals surface area contributed by atoms with Crippen molar-refractivity contribution in [2.75, 3.05) is 5.32 Å². The summed E-state index contributed by atoms with van der Waals surface area (Å²) in [5.74, 6) is -1.06. The first-order valence-corrected chi connectivity index (χ1v) is 7.25. The van der Waals surface area contributed by atoms with Gasteiger partial charge in [-0.2, -0.15) is 0 Å². The highest BCUT2D eigenvalue weighted by atomic mass is 35.5. The lowest BCUT2D eigenvalue weighted by Gasteiger charge is -2.13. The van der Waals surface area contributed by atoms with E-state index in [4.69, 9.17) is 27.9 Å². The number of amides is 1. The third kappa shape index (κ3) is 4.23. The summed E-state index contributed by atoms with van der Waals surface area (Å²) >= 11 is 11.6. The van der Waals surface area contributed by atoms with Crippen molar-refractivity contribution in [3.63, 3.8) is 0 Å². The van der Waals surface area contributed by atoms with Crippen molar-refractivity contribution in [1.82, 2.24) is 0 Å². The van der Waals surface area contributed by atoms with Gasteiger partial charge in [0.1, 0.15) is 0 Å². The summed E-state index contributed by atoms with van der Waals surface area (Å²) in [6.07, 6.45) is -0.942. The Balaban J connectivity index is 1.98. The van der Waals surface area contributed by atoms with Crippen LogP contribution in [0.5, 0.6) is 0 Å². The monoisotopic (exact) mass is 337 g/mol. The highest BCUT2D eigenvalue weighted by molar-refractivity contribution is 6.42. The average Bonchev–Trinajstić information content (AvgIpc) is 2.50. The largest absolute Gasteiger partial charge is 0.449 e. The number of carbonyl (C=O) groups is 2. The van der Waals surface area contributed by atoms with Crippen molar-refractivity contribution in [2.24, 2.45) is 0 Å². The van der Waals surface area contributed by atoms with Gasteiger partial charge in [0.2, 0.25) is 0 Å². The van der Waals surface area contributed by atoms with E-state index in [-0.39, 0.29) is 10.6 Å². The molecule has 6 heteroatoms. The second-order valence-electron chi connectivity index (χ2n) is 4.53. The number of benzene rings is 2. The maximum atomic E-state index is 12.0. The summed E-state index contributed by atoms with van der Waals surface area (Å²) < 4.78 is 5.11. The van der Waals surface area contributed by atoms with E-state index in [1.165, 1.54) is 25.1 Å². The van der Waals surface area contributed by atoms with Crippen molar-refractivity contribution < 1.29 is 14.3 Å². The van der Waals surface area contributed by atoms with Crippen LogP contribution < -0.4 is 5.32 Å². The molecule has 1 amide bonds. The van der Waals surface area contributed by atoms with Crippen molar-refractivity contribution in [3.8, 4) is 0 Å². The normalized spacial score (nSPS) is 11.6. The smallest absolute Gasteiger partial charge is 0.338 e. The Kier molecular flexibility index (Phi) is 5.41. The van der Waals surface area contributed by atoms with Gasteiger partial charge in [0.15, 0.2) is 6.10 Å². The number of nitrogens with one attached hydrogen (secondary N) is 1. The molecule has 1 unspecified atom stereocenters. The van der Waals surface area contributed by atoms with Gasteiger partial charge in [0, 0.05) is 5.69 Å². The van der Waals surface area contributed by atoms with E-state index in [1.807, 2.05) is 6.07 Å². The zero-order valence-corrected chi connectivity index (χ0v) is 13.2. The number of para-hydroxylation sites is 1. The van der Waals surface area contributed by atoms with Crippen LogP contribution in [-0.2, 0) is 9.53 Å². The lowest BCUT2D eigenvalue weighted by molar-refractivity contribution is -0.123. The van der Waals surface area contributed by atoms with Crippen LogP contribution in [0.4, 0.5) is 5.69 Å². The van der Waals surface area contributed by atoms with E-state index in [9.17, 15) is 9.59 Å². The summed E-state index contributed by atoms with van der Waals surface area (Å²) in [6.45, 7) is 1.49. The van der Waals surface area contributed by atoms with Gasteiger partial charge in [0.05, 0.1) is 15.6 Å². The summed E-state index contributed by atoms with van der Waals surface area (Å²) in [5, 5.41) is 3.24. The first kappa shape index (κ1) is 16.3. The molecule has 22 heavy (non-hydrogen) atoms. The van der Waals surface area contributed by atoms with Gasteiger partial charge in [0.25, 0.3) is 5.91 Å². The fourth-order valence-corrected chi connectivity index (χ4v) is 1.97. The molecular weight excluding hydrogens is 325 g/mol. The first-order valence-electron chi connectivity index (χ1n) is 6.49. The number of halogens is 2. The van der Waals surface area contributed by atoms with E-state index in [1.54, 1.807) is 24.3 Å². The minimum atomic E-state index is -0.942. The number of hydrogen-bond donors (Lipinski definition) is 1. The fraction of sp³-hybridized carbons (Fsp3) is 0.125. The number of hydrogen-bond acceptors (Lipinski definition) is 3. The van der Waals surface area contributed by atoms with Gasteiger partial charge in [-0.1, -0.05) is 41.4 Å². The lowest BCUT2D eigenvalue weighted by Crippen LogP contribution is -2.29. The van der Waals surface area contributed by atoms with Gasteiger partial charge >= 0.3 is 5.97 Å². The molecule has 0 radical (unpaired) electrons. The Morgan fingerprint density at radius 2 is 1.73 bits per heavy atom. The topological polar surface area (TPSA) is 55.4 Å². The number of anilines is 1. The van der Waals surface area contributed by atoms with E-state index in [2.05, 4.69) is 5.32 Å². The SMILES string of the molecule is CC(OC(=O)c1ccc(Cl)c(Cl)c1)C(=O)Nc1ccccc1. The van der Waals surface area contributed by atoms with Gasteiger partial charge in [-0.15, -0.1) is 0 Å². The summed E-state index contributed by atoms with van der Waals surface area (Å²) in [6, 6.07) is 13.3. The standard InChI is InChI=1S/C16H13Cl2NO3/c1-10(15(20)19-12-5-3-2-4-6-12)22-16(21)11-7-8-13(17)14(18)9-11/h2-10H,1H3,(H,19,20). The molecule has 2 aromatic carbocycles. The van der Waals surface area contributed by atoms with Crippen LogP contribution in [0.25, 0.3) is 0 Å². The quantitative estimate of drug-likeness (QED) is 0.851. The maximum Gasteiger partial charge on any atom is 0.338 e. The third-order valence-electron chi connectivity index (χ3n) is 2.85. The molecule has 0 aliphatic carbocycles. The summed E-state index contributed by atoms with van der Waals surface area (Å²) in [4.78, 5) is 23.9. The van der Waals surface area contributed by atoms with Crippen LogP contribution in [0, 0.1) is 0 Å². The van der Waals surface area contributed by atoms with Crippen molar-refractivity contribution in [3.05, 3.63) is 64.1 Å². The molecule has 0 fully saturated rings. The lowest BCUT2D eigenvalue weighted by atomic mass is 10.2. The molecule has 114 valence electrons. The fourth-order valence-electron chi connectivity index (χ4n) is 1.67.